The second-order valence-corrected chi connectivity index (χ2v) is 5.09. The Labute approximate surface area is 125 Å². The number of anilines is 1. The normalized spacial score (nSPS) is 15.5. The molecule has 0 unspecified atom stereocenters. The molecule has 4 heteroatoms. The first kappa shape index (κ1) is 15.1. The van der Waals surface area contributed by atoms with Gasteiger partial charge < -0.3 is 9.64 Å². The van der Waals surface area contributed by atoms with Crippen LogP contribution in [0.2, 0.25) is 0 Å². The quantitative estimate of drug-likeness (QED) is 0.629. The van der Waals surface area contributed by atoms with Crippen LogP contribution in [0.3, 0.4) is 0 Å². The summed E-state index contributed by atoms with van der Waals surface area (Å²) < 4.78 is 4.65. The maximum atomic E-state index is 11.3. The molecule has 2 rings (SSSR count). The maximum absolute atomic E-state index is 11.3. The summed E-state index contributed by atoms with van der Waals surface area (Å²) in [7, 11) is 0. The number of ether oxygens (including phenoxy) is 1. The van der Waals surface area contributed by atoms with Crippen LogP contribution >= 0.6 is 0 Å². The van der Waals surface area contributed by atoms with Crippen molar-refractivity contribution >= 4 is 17.7 Å². The number of benzene rings is 1. The molecule has 1 saturated heterocycles. The molecule has 1 aliphatic rings. The summed E-state index contributed by atoms with van der Waals surface area (Å²) in [6, 6.07) is 9.93. The van der Waals surface area contributed by atoms with Gasteiger partial charge in [-0.1, -0.05) is 25.0 Å². The van der Waals surface area contributed by atoms with Gasteiger partial charge >= 0.3 is 5.97 Å². The molecule has 110 valence electrons. The topological polar surface area (TPSA) is 53.3 Å². The fourth-order valence-corrected chi connectivity index (χ4v) is 2.44. The minimum Gasteiger partial charge on any atom is -0.447 e. The summed E-state index contributed by atoms with van der Waals surface area (Å²) in [6.07, 6.45) is 8.20. The van der Waals surface area contributed by atoms with E-state index < -0.39 is 5.97 Å². The highest BCUT2D eigenvalue weighted by Crippen LogP contribution is 2.20. The van der Waals surface area contributed by atoms with Gasteiger partial charge in [0.05, 0.1) is 0 Å². The molecule has 1 aromatic carbocycles. The number of esters is 1. The van der Waals surface area contributed by atoms with Gasteiger partial charge in [-0.3, -0.25) is 0 Å². The van der Waals surface area contributed by atoms with Gasteiger partial charge in [0.25, 0.3) is 0 Å². The minimum atomic E-state index is -0.492. The molecule has 1 aromatic rings. The van der Waals surface area contributed by atoms with Crippen molar-refractivity contribution in [3.05, 3.63) is 35.9 Å². The summed E-state index contributed by atoms with van der Waals surface area (Å²) in [5.74, 6) is -0.492. The van der Waals surface area contributed by atoms with Crippen LogP contribution in [-0.2, 0) is 9.53 Å². The molecule has 0 aliphatic carbocycles. The van der Waals surface area contributed by atoms with E-state index in [2.05, 4.69) is 21.8 Å². The lowest BCUT2D eigenvalue weighted by Gasteiger charge is -2.22. The monoisotopic (exact) mass is 284 g/mol. The second-order valence-electron chi connectivity index (χ2n) is 5.09. The smallest absolute Gasteiger partial charge is 0.331 e. The second kappa shape index (κ2) is 8.11. The van der Waals surface area contributed by atoms with Crippen LogP contribution in [0.5, 0.6) is 0 Å². The predicted molar refractivity (Wildman–Crippen MR) is 82.7 cm³/mol. The van der Waals surface area contributed by atoms with Gasteiger partial charge in [-0.15, -0.1) is 0 Å². The van der Waals surface area contributed by atoms with E-state index in [4.69, 9.17) is 5.26 Å². The number of carbonyl (C=O) groups excluding carboxylic acids is 1. The third kappa shape index (κ3) is 4.96. The van der Waals surface area contributed by atoms with Crippen LogP contribution in [0.15, 0.2) is 30.3 Å². The fraction of sp³-hybridized carbons (Fsp3) is 0.412. The van der Waals surface area contributed by atoms with Crippen molar-refractivity contribution in [2.24, 2.45) is 0 Å². The van der Waals surface area contributed by atoms with E-state index in [0.717, 1.165) is 18.7 Å². The summed E-state index contributed by atoms with van der Waals surface area (Å²) >= 11 is 0. The number of nitrogens with zero attached hydrogens (tertiary/aromatic N) is 2. The van der Waals surface area contributed by atoms with Gasteiger partial charge in [0, 0.05) is 24.9 Å². The molecule has 0 radical (unpaired) electrons. The predicted octanol–water partition coefficient (Wildman–Crippen LogP) is 3.15. The summed E-state index contributed by atoms with van der Waals surface area (Å²) in [5.41, 5.74) is 2.18. The van der Waals surface area contributed by atoms with Crippen LogP contribution in [0.1, 0.15) is 31.2 Å². The van der Waals surface area contributed by atoms with Crippen molar-refractivity contribution in [2.45, 2.75) is 25.7 Å². The first-order chi connectivity index (χ1) is 10.3. The molecular formula is C17H20N2O2. The Hall–Kier alpha value is -2.28. The van der Waals surface area contributed by atoms with E-state index in [1.165, 1.54) is 37.4 Å². The third-order valence-electron chi connectivity index (χ3n) is 3.56. The Balaban J connectivity index is 1.93. The molecule has 0 amide bonds. The Morgan fingerprint density at radius 2 is 1.86 bits per heavy atom. The van der Waals surface area contributed by atoms with E-state index in [1.54, 1.807) is 12.1 Å². The van der Waals surface area contributed by atoms with E-state index in [0.29, 0.717) is 0 Å². The van der Waals surface area contributed by atoms with E-state index >= 15 is 0 Å². The van der Waals surface area contributed by atoms with Gasteiger partial charge in [-0.25, -0.2) is 4.79 Å². The zero-order valence-corrected chi connectivity index (χ0v) is 12.1. The van der Waals surface area contributed by atoms with Crippen LogP contribution in [0.25, 0.3) is 6.08 Å². The van der Waals surface area contributed by atoms with E-state index in [1.807, 2.05) is 12.1 Å². The molecule has 0 atom stereocenters. The summed E-state index contributed by atoms with van der Waals surface area (Å²) in [6.45, 7) is 2.03. The third-order valence-corrected chi connectivity index (χ3v) is 3.56. The van der Waals surface area contributed by atoms with Gasteiger partial charge in [0.1, 0.15) is 6.07 Å². The molecular weight excluding hydrogens is 264 g/mol. The number of hydrogen-bond donors (Lipinski definition) is 0. The van der Waals surface area contributed by atoms with Crippen molar-refractivity contribution in [1.29, 1.82) is 5.26 Å². The van der Waals surface area contributed by atoms with Crippen molar-refractivity contribution < 1.29 is 9.53 Å². The Morgan fingerprint density at radius 1 is 1.19 bits per heavy atom. The van der Waals surface area contributed by atoms with Gasteiger partial charge in [0.2, 0.25) is 0 Å². The Bertz CT molecular complexity index is 521. The molecule has 0 N–H and O–H groups in total. The molecule has 21 heavy (non-hydrogen) atoms. The van der Waals surface area contributed by atoms with Crippen LogP contribution in [0.4, 0.5) is 5.69 Å². The van der Waals surface area contributed by atoms with Crippen molar-refractivity contribution in [3.63, 3.8) is 0 Å². The summed E-state index contributed by atoms with van der Waals surface area (Å²) in [5, 5.41) is 8.32. The van der Waals surface area contributed by atoms with Crippen LogP contribution < -0.4 is 4.90 Å². The highest BCUT2D eigenvalue weighted by Gasteiger charge is 2.09. The lowest BCUT2D eigenvalue weighted by molar-refractivity contribution is -0.136. The zero-order chi connectivity index (χ0) is 14.9. The summed E-state index contributed by atoms with van der Waals surface area (Å²) in [4.78, 5) is 13.7. The number of carbonyl (C=O) groups is 1. The Morgan fingerprint density at radius 3 is 2.48 bits per heavy atom. The van der Waals surface area contributed by atoms with E-state index in [9.17, 15) is 4.79 Å². The SMILES string of the molecule is N#CCOC(=O)/C=C/c1ccc(N2CCCCCC2)cc1. The van der Waals surface area contributed by atoms with Crippen molar-refractivity contribution in [1.82, 2.24) is 0 Å². The molecule has 0 aromatic heterocycles. The van der Waals surface area contributed by atoms with E-state index in [-0.39, 0.29) is 6.61 Å². The molecule has 1 aliphatic heterocycles. The van der Waals surface area contributed by atoms with Crippen LogP contribution in [-0.4, -0.2) is 25.7 Å². The average Bonchev–Trinajstić information content (AvgIpc) is 2.80. The standard InChI is InChI=1S/C17H20N2O2/c18-11-14-21-17(20)10-7-15-5-8-16(9-6-15)19-12-3-1-2-4-13-19/h5-10H,1-4,12-14H2/b10-7+. The molecule has 0 spiro atoms. The molecule has 4 nitrogen and oxygen atoms in total. The van der Waals surface area contributed by atoms with Gasteiger partial charge in [-0.05, 0) is 36.6 Å². The highest BCUT2D eigenvalue weighted by atomic mass is 16.5. The largest absolute Gasteiger partial charge is 0.447 e. The van der Waals surface area contributed by atoms with Crippen molar-refractivity contribution in [3.8, 4) is 6.07 Å². The number of hydrogen-bond acceptors (Lipinski definition) is 4. The van der Waals surface area contributed by atoms with Gasteiger partial charge in [-0.2, -0.15) is 5.26 Å². The maximum Gasteiger partial charge on any atom is 0.331 e. The number of rotatable bonds is 4. The van der Waals surface area contributed by atoms with Crippen LogP contribution in [0, 0.1) is 11.3 Å². The average molecular weight is 284 g/mol. The lowest BCUT2D eigenvalue weighted by Crippen LogP contribution is -2.23. The minimum absolute atomic E-state index is 0.211. The molecule has 0 saturated carbocycles. The highest BCUT2D eigenvalue weighted by molar-refractivity contribution is 5.87. The first-order valence-corrected chi connectivity index (χ1v) is 7.36. The molecule has 0 bridgehead atoms. The number of nitriles is 1. The Kier molecular flexibility index (Phi) is 5.83. The fourth-order valence-electron chi connectivity index (χ4n) is 2.44. The lowest BCUT2D eigenvalue weighted by atomic mass is 10.1. The molecule has 1 fully saturated rings. The zero-order valence-electron chi connectivity index (χ0n) is 12.1. The van der Waals surface area contributed by atoms with Crippen molar-refractivity contribution in [2.75, 3.05) is 24.6 Å². The van der Waals surface area contributed by atoms with Gasteiger partial charge in [0.15, 0.2) is 6.61 Å². The molecule has 1 heterocycles. The first-order valence-electron chi connectivity index (χ1n) is 7.36.